The summed E-state index contributed by atoms with van der Waals surface area (Å²) in [6, 6.07) is 0. The van der Waals surface area contributed by atoms with Crippen molar-refractivity contribution in [2.24, 2.45) is 34.5 Å². The molecule has 1 aliphatic heterocycles. The Morgan fingerprint density at radius 3 is 2.50 bits per heavy atom. The SMILES string of the molecule is C[C@]12CCC(=O)C[C@@H]1CC[C@H]1C3CCC4(OCCO4)[C@@]3(C)CC[C@@H]12.[HH]. The maximum Gasteiger partial charge on any atom is 0.174 e. The molecule has 0 aromatic carbocycles. The normalized spacial score (nSPS) is 52.8. The molecule has 0 bridgehead atoms. The average molecular weight is 335 g/mol. The number of hydrogen-bond donors (Lipinski definition) is 0. The molecule has 24 heavy (non-hydrogen) atoms. The van der Waals surface area contributed by atoms with Crippen LogP contribution in [0.3, 0.4) is 0 Å². The van der Waals surface area contributed by atoms with Crippen molar-refractivity contribution in [3.63, 3.8) is 0 Å². The van der Waals surface area contributed by atoms with E-state index < -0.39 is 0 Å². The third-order valence-corrected chi connectivity index (χ3v) is 9.28. The van der Waals surface area contributed by atoms with Gasteiger partial charge in [0.1, 0.15) is 5.78 Å². The van der Waals surface area contributed by atoms with Gasteiger partial charge in [-0.15, -0.1) is 0 Å². The molecule has 0 radical (unpaired) electrons. The summed E-state index contributed by atoms with van der Waals surface area (Å²) < 4.78 is 12.5. The average Bonchev–Trinajstić information content (AvgIpc) is 3.15. The lowest BCUT2D eigenvalue weighted by molar-refractivity contribution is -0.246. The lowest BCUT2D eigenvalue weighted by Crippen LogP contribution is -2.56. The van der Waals surface area contributed by atoms with Crippen molar-refractivity contribution in [3.8, 4) is 0 Å². The van der Waals surface area contributed by atoms with E-state index in [0.717, 1.165) is 56.7 Å². The zero-order valence-electron chi connectivity index (χ0n) is 15.3. The topological polar surface area (TPSA) is 35.5 Å². The molecule has 4 saturated carbocycles. The van der Waals surface area contributed by atoms with Crippen molar-refractivity contribution in [1.29, 1.82) is 0 Å². The number of carbonyl (C=O) groups excluding carboxylic acids is 1. The Balaban J connectivity index is 0.00000157. The van der Waals surface area contributed by atoms with Crippen molar-refractivity contribution in [3.05, 3.63) is 0 Å². The first-order valence-corrected chi connectivity index (χ1v) is 10.3. The van der Waals surface area contributed by atoms with Gasteiger partial charge in [0.2, 0.25) is 0 Å². The maximum atomic E-state index is 12.0. The molecule has 136 valence electrons. The molecule has 1 unspecified atom stereocenters. The maximum absolute atomic E-state index is 12.0. The molecule has 1 spiro atoms. The highest BCUT2D eigenvalue weighted by Gasteiger charge is 2.67. The number of fused-ring (bicyclic) bond motifs is 6. The van der Waals surface area contributed by atoms with Gasteiger partial charge in [-0.05, 0) is 67.6 Å². The molecular formula is C21H34O3. The standard InChI is InChI=1S/C21H32O3.H2/c1-19-8-5-15(22)13-14(19)3-4-16-17(19)6-9-20(2)18(16)7-10-21(20)23-11-12-24-21;/h14,16-18H,3-13H2,1-2H3;1H/t14-,16+,17-,18?,19-,20-;/m0./s1. The van der Waals surface area contributed by atoms with Crippen LogP contribution in [0.25, 0.3) is 0 Å². The van der Waals surface area contributed by atoms with Gasteiger partial charge in [0.25, 0.3) is 0 Å². The second-order valence-corrected chi connectivity index (χ2v) is 9.84. The molecule has 0 N–H and O–H groups in total. The summed E-state index contributed by atoms with van der Waals surface area (Å²) in [6.45, 7) is 6.54. The molecule has 0 aromatic rings. The fourth-order valence-electron chi connectivity index (χ4n) is 7.93. The van der Waals surface area contributed by atoms with E-state index in [0.29, 0.717) is 17.1 Å². The first kappa shape index (κ1) is 15.8. The van der Waals surface area contributed by atoms with E-state index >= 15 is 0 Å². The summed E-state index contributed by atoms with van der Waals surface area (Å²) in [7, 11) is 0. The molecule has 0 aromatic heterocycles. The van der Waals surface area contributed by atoms with Gasteiger partial charge in [0.05, 0.1) is 13.2 Å². The van der Waals surface area contributed by atoms with E-state index in [1.807, 2.05) is 0 Å². The van der Waals surface area contributed by atoms with Crippen molar-refractivity contribution in [2.45, 2.75) is 77.4 Å². The molecule has 6 atom stereocenters. The van der Waals surface area contributed by atoms with Gasteiger partial charge < -0.3 is 9.47 Å². The van der Waals surface area contributed by atoms with Crippen molar-refractivity contribution in [1.82, 2.24) is 0 Å². The first-order chi connectivity index (χ1) is 11.5. The fourth-order valence-corrected chi connectivity index (χ4v) is 7.93. The predicted molar refractivity (Wildman–Crippen MR) is 93.5 cm³/mol. The summed E-state index contributed by atoms with van der Waals surface area (Å²) in [5, 5.41) is 0. The van der Waals surface area contributed by atoms with Gasteiger partial charge in [0, 0.05) is 26.1 Å². The molecular weight excluding hydrogens is 300 g/mol. The molecule has 1 saturated heterocycles. The van der Waals surface area contributed by atoms with E-state index in [9.17, 15) is 4.79 Å². The van der Waals surface area contributed by atoms with Crippen LogP contribution in [0, 0.1) is 34.5 Å². The highest BCUT2D eigenvalue weighted by atomic mass is 16.7. The summed E-state index contributed by atoms with van der Waals surface area (Å²) >= 11 is 0. The number of ketones is 1. The van der Waals surface area contributed by atoms with E-state index in [-0.39, 0.29) is 12.6 Å². The third kappa shape index (κ3) is 1.84. The van der Waals surface area contributed by atoms with Crippen LogP contribution in [0.5, 0.6) is 0 Å². The second kappa shape index (κ2) is 5.07. The number of ether oxygens (including phenoxy) is 2. The van der Waals surface area contributed by atoms with Gasteiger partial charge in [0.15, 0.2) is 5.79 Å². The van der Waals surface area contributed by atoms with Crippen molar-refractivity contribution in [2.75, 3.05) is 13.2 Å². The van der Waals surface area contributed by atoms with E-state index in [1.54, 1.807) is 0 Å². The lowest BCUT2D eigenvalue weighted by Gasteiger charge is -2.60. The minimum Gasteiger partial charge on any atom is -0.347 e. The summed E-state index contributed by atoms with van der Waals surface area (Å²) in [6.07, 6.45) is 10.3. The Kier molecular flexibility index (Phi) is 3.34. The zero-order chi connectivity index (χ0) is 16.6. The third-order valence-electron chi connectivity index (χ3n) is 9.28. The van der Waals surface area contributed by atoms with Crippen LogP contribution in [0.4, 0.5) is 0 Å². The summed E-state index contributed by atoms with van der Waals surface area (Å²) in [5.41, 5.74) is 0.615. The van der Waals surface area contributed by atoms with Crippen LogP contribution < -0.4 is 0 Å². The number of Topliss-reactive ketones (excluding diaryl/α,β-unsaturated/α-hetero) is 1. The Morgan fingerprint density at radius 2 is 1.71 bits per heavy atom. The molecule has 5 fully saturated rings. The quantitative estimate of drug-likeness (QED) is 0.650. The monoisotopic (exact) mass is 334 g/mol. The predicted octanol–water partition coefficient (Wildman–Crippen LogP) is 4.59. The molecule has 1 heterocycles. The largest absolute Gasteiger partial charge is 0.347 e. The second-order valence-electron chi connectivity index (χ2n) is 9.84. The van der Waals surface area contributed by atoms with Gasteiger partial charge in [-0.1, -0.05) is 13.8 Å². The molecule has 5 aliphatic rings. The Hall–Kier alpha value is -0.410. The smallest absolute Gasteiger partial charge is 0.174 e. The van der Waals surface area contributed by atoms with Crippen LogP contribution in [0.1, 0.15) is 73.1 Å². The molecule has 0 amide bonds. The minimum atomic E-state index is -0.275. The Labute approximate surface area is 147 Å². The van der Waals surface area contributed by atoms with E-state index in [1.165, 1.54) is 32.1 Å². The highest BCUT2D eigenvalue weighted by Crippen LogP contribution is 2.69. The summed E-state index contributed by atoms with van der Waals surface area (Å²) in [5.74, 6) is 3.29. The molecule has 4 aliphatic carbocycles. The van der Waals surface area contributed by atoms with E-state index in [4.69, 9.17) is 9.47 Å². The fraction of sp³-hybridized carbons (Fsp3) is 0.952. The van der Waals surface area contributed by atoms with Gasteiger partial charge in [-0.25, -0.2) is 0 Å². The number of hydrogen-bond acceptors (Lipinski definition) is 3. The minimum absolute atomic E-state index is 0. The van der Waals surface area contributed by atoms with Crippen LogP contribution in [-0.2, 0) is 14.3 Å². The van der Waals surface area contributed by atoms with Gasteiger partial charge >= 0.3 is 0 Å². The van der Waals surface area contributed by atoms with Crippen LogP contribution in [0.15, 0.2) is 0 Å². The first-order valence-electron chi connectivity index (χ1n) is 10.3. The number of rotatable bonds is 0. The van der Waals surface area contributed by atoms with Gasteiger partial charge in [-0.3, -0.25) is 4.79 Å². The van der Waals surface area contributed by atoms with E-state index in [2.05, 4.69) is 13.8 Å². The van der Waals surface area contributed by atoms with Crippen molar-refractivity contribution >= 4 is 5.78 Å². The Bertz CT molecular complexity index is 557. The van der Waals surface area contributed by atoms with Crippen LogP contribution in [-0.4, -0.2) is 24.8 Å². The number of carbonyl (C=O) groups is 1. The molecule has 3 heteroatoms. The molecule has 3 nitrogen and oxygen atoms in total. The molecule has 5 rings (SSSR count). The highest BCUT2D eigenvalue weighted by molar-refractivity contribution is 5.79. The van der Waals surface area contributed by atoms with Crippen molar-refractivity contribution < 1.29 is 15.7 Å². The van der Waals surface area contributed by atoms with Gasteiger partial charge in [-0.2, -0.15) is 0 Å². The summed E-state index contributed by atoms with van der Waals surface area (Å²) in [4.78, 5) is 12.0. The zero-order valence-corrected chi connectivity index (χ0v) is 15.3. The Morgan fingerprint density at radius 1 is 0.958 bits per heavy atom. The van der Waals surface area contributed by atoms with Crippen LogP contribution in [0.2, 0.25) is 0 Å². The van der Waals surface area contributed by atoms with Crippen LogP contribution >= 0.6 is 0 Å². The lowest BCUT2D eigenvalue weighted by atomic mass is 9.45.